The van der Waals surface area contributed by atoms with Gasteiger partial charge in [0.15, 0.2) is 0 Å². The molecular formula is C17H26N2O2. The van der Waals surface area contributed by atoms with Crippen LogP contribution in [0.15, 0.2) is 18.2 Å². The molecule has 2 atom stereocenters. The molecule has 2 heterocycles. The van der Waals surface area contributed by atoms with Gasteiger partial charge < -0.3 is 19.7 Å². The average molecular weight is 290 g/mol. The molecule has 2 aliphatic heterocycles. The van der Waals surface area contributed by atoms with E-state index in [-0.39, 0.29) is 0 Å². The van der Waals surface area contributed by atoms with Crippen molar-refractivity contribution in [1.82, 2.24) is 5.32 Å². The van der Waals surface area contributed by atoms with Crippen LogP contribution in [0.1, 0.15) is 24.0 Å². The normalized spacial score (nSPS) is 24.6. The highest BCUT2D eigenvalue weighted by Crippen LogP contribution is 2.31. The van der Waals surface area contributed by atoms with Gasteiger partial charge in [0.2, 0.25) is 0 Å². The van der Waals surface area contributed by atoms with E-state index in [1.807, 2.05) is 0 Å². The number of aryl methyl sites for hydroxylation is 1. The third-order valence-corrected chi connectivity index (χ3v) is 4.42. The summed E-state index contributed by atoms with van der Waals surface area (Å²) in [5, 5.41) is 3.46. The second kappa shape index (κ2) is 6.77. The molecule has 0 aliphatic carbocycles. The molecule has 0 saturated carbocycles. The molecule has 1 aromatic rings. The number of rotatable bonds is 6. The predicted molar refractivity (Wildman–Crippen MR) is 84.9 cm³/mol. The van der Waals surface area contributed by atoms with Gasteiger partial charge in [-0.2, -0.15) is 0 Å². The van der Waals surface area contributed by atoms with Crippen molar-refractivity contribution in [2.45, 2.75) is 38.5 Å². The molecule has 0 radical (unpaired) electrons. The minimum absolute atomic E-state index is 0.430. The summed E-state index contributed by atoms with van der Waals surface area (Å²) in [7, 11) is 1.74. The largest absolute Gasteiger partial charge is 0.383 e. The Kier molecular flexibility index (Phi) is 4.78. The third kappa shape index (κ3) is 3.57. The molecule has 2 saturated heterocycles. The SMILES string of the molecule is COCCNCc1cc(C)ccc1N1CC2CCC(C1)O2. The lowest BCUT2D eigenvalue weighted by Crippen LogP contribution is -2.43. The Morgan fingerprint density at radius 3 is 2.76 bits per heavy atom. The zero-order chi connectivity index (χ0) is 14.7. The van der Waals surface area contributed by atoms with Crippen LogP contribution >= 0.6 is 0 Å². The van der Waals surface area contributed by atoms with E-state index in [0.29, 0.717) is 12.2 Å². The van der Waals surface area contributed by atoms with E-state index in [1.54, 1.807) is 7.11 Å². The first-order valence-electron chi connectivity index (χ1n) is 7.96. The van der Waals surface area contributed by atoms with Crippen LogP contribution in [-0.4, -0.2) is 45.6 Å². The maximum Gasteiger partial charge on any atom is 0.0755 e. The van der Waals surface area contributed by atoms with Gasteiger partial charge >= 0.3 is 0 Å². The van der Waals surface area contributed by atoms with Crippen molar-refractivity contribution in [2.75, 3.05) is 38.3 Å². The number of ether oxygens (including phenoxy) is 2. The lowest BCUT2D eigenvalue weighted by atomic mass is 10.1. The number of benzene rings is 1. The molecule has 0 amide bonds. The molecular weight excluding hydrogens is 264 g/mol. The summed E-state index contributed by atoms with van der Waals surface area (Å²) < 4.78 is 11.0. The number of morpholine rings is 1. The van der Waals surface area contributed by atoms with Gasteiger partial charge in [-0.3, -0.25) is 0 Å². The minimum Gasteiger partial charge on any atom is -0.383 e. The predicted octanol–water partition coefficient (Wildman–Crippen LogP) is 2.10. The maximum absolute atomic E-state index is 5.95. The molecule has 3 rings (SSSR count). The fourth-order valence-electron chi connectivity index (χ4n) is 3.37. The van der Waals surface area contributed by atoms with Crippen LogP contribution in [-0.2, 0) is 16.0 Å². The van der Waals surface area contributed by atoms with Crippen molar-refractivity contribution in [2.24, 2.45) is 0 Å². The number of hydrogen-bond donors (Lipinski definition) is 1. The molecule has 4 nitrogen and oxygen atoms in total. The van der Waals surface area contributed by atoms with Crippen molar-refractivity contribution in [3.8, 4) is 0 Å². The van der Waals surface area contributed by atoms with Crippen molar-refractivity contribution in [3.63, 3.8) is 0 Å². The van der Waals surface area contributed by atoms with Gasteiger partial charge in [-0.1, -0.05) is 17.7 Å². The molecule has 2 fully saturated rings. The molecule has 2 bridgehead atoms. The molecule has 2 unspecified atom stereocenters. The molecule has 0 spiro atoms. The summed E-state index contributed by atoms with van der Waals surface area (Å²) in [6.07, 6.45) is 3.29. The van der Waals surface area contributed by atoms with Crippen molar-refractivity contribution in [3.05, 3.63) is 29.3 Å². The van der Waals surface area contributed by atoms with Gasteiger partial charge in [0.1, 0.15) is 0 Å². The summed E-state index contributed by atoms with van der Waals surface area (Å²) in [6, 6.07) is 6.78. The Bertz CT molecular complexity index is 466. The number of methoxy groups -OCH3 is 1. The first-order valence-corrected chi connectivity index (χ1v) is 7.96. The highest BCUT2D eigenvalue weighted by molar-refractivity contribution is 5.55. The van der Waals surface area contributed by atoms with Crippen LogP contribution in [0.4, 0.5) is 5.69 Å². The summed E-state index contributed by atoms with van der Waals surface area (Å²) in [5.41, 5.74) is 4.07. The fraction of sp³-hybridized carbons (Fsp3) is 0.647. The summed E-state index contributed by atoms with van der Waals surface area (Å²) in [4.78, 5) is 2.51. The topological polar surface area (TPSA) is 33.7 Å². The van der Waals surface area contributed by atoms with E-state index in [4.69, 9.17) is 9.47 Å². The molecule has 1 aromatic carbocycles. The molecule has 2 aliphatic rings. The van der Waals surface area contributed by atoms with Crippen molar-refractivity contribution >= 4 is 5.69 Å². The first-order chi connectivity index (χ1) is 10.3. The Labute approximate surface area is 127 Å². The zero-order valence-corrected chi connectivity index (χ0v) is 13.1. The lowest BCUT2D eigenvalue weighted by Gasteiger charge is -2.35. The fourth-order valence-corrected chi connectivity index (χ4v) is 3.37. The number of fused-ring (bicyclic) bond motifs is 2. The average Bonchev–Trinajstić information content (AvgIpc) is 2.82. The van der Waals surface area contributed by atoms with Crippen LogP contribution in [0.3, 0.4) is 0 Å². The summed E-state index contributed by atoms with van der Waals surface area (Å²) in [5.74, 6) is 0. The van der Waals surface area contributed by atoms with Crippen LogP contribution in [0.2, 0.25) is 0 Å². The van der Waals surface area contributed by atoms with Gasteiger partial charge in [-0.25, -0.2) is 0 Å². The molecule has 1 N–H and O–H groups in total. The van der Waals surface area contributed by atoms with E-state index in [2.05, 4.69) is 35.3 Å². The Balaban J connectivity index is 1.71. The van der Waals surface area contributed by atoms with E-state index in [1.165, 1.54) is 29.7 Å². The molecule has 21 heavy (non-hydrogen) atoms. The van der Waals surface area contributed by atoms with Crippen LogP contribution in [0.25, 0.3) is 0 Å². The second-order valence-electron chi connectivity index (χ2n) is 6.16. The Hall–Kier alpha value is -1.10. The highest BCUT2D eigenvalue weighted by atomic mass is 16.5. The molecule has 0 aromatic heterocycles. The third-order valence-electron chi connectivity index (χ3n) is 4.42. The summed E-state index contributed by atoms with van der Waals surface area (Å²) >= 11 is 0. The van der Waals surface area contributed by atoms with Gasteiger partial charge in [0.25, 0.3) is 0 Å². The van der Waals surface area contributed by atoms with Gasteiger partial charge in [-0.15, -0.1) is 0 Å². The Morgan fingerprint density at radius 2 is 2.05 bits per heavy atom. The Morgan fingerprint density at radius 1 is 1.29 bits per heavy atom. The van der Waals surface area contributed by atoms with E-state index in [0.717, 1.165) is 32.8 Å². The van der Waals surface area contributed by atoms with Gasteiger partial charge in [0, 0.05) is 39.0 Å². The van der Waals surface area contributed by atoms with Crippen molar-refractivity contribution in [1.29, 1.82) is 0 Å². The number of anilines is 1. The van der Waals surface area contributed by atoms with E-state index >= 15 is 0 Å². The monoisotopic (exact) mass is 290 g/mol. The van der Waals surface area contributed by atoms with Crippen LogP contribution in [0.5, 0.6) is 0 Å². The molecule has 116 valence electrons. The van der Waals surface area contributed by atoms with E-state index in [9.17, 15) is 0 Å². The summed E-state index contributed by atoms with van der Waals surface area (Å²) in [6.45, 7) is 6.76. The highest BCUT2D eigenvalue weighted by Gasteiger charge is 2.34. The van der Waals surface area contributed by atoms with Crippen LogP contribution in [0, 0.1) is 6.92 Å². The zero-order valence-electron chi connectivity index (χ0n) is 13.1. The minimum atomic E-state index is 0.430. The number of hydrogen-bond acceptors (Lipinski definition) is 4. The lowest BCUT2D eigenvalue weighted by molar-refractivity contribution is 0.0304. The number of nitrogens with zero attached hydrogens (tertiary/aromatic N) is 1. The first kappa shape index (κ1) is 14.8. The maximum atomic E-state index is 5.95. The van der Waals surface area contributed by atoms with Gasteiger partial charge in [0.05, 0.1) is 18.8 Å². The molecule has 4 heteroatoms. The number of nitrogens with one attached hydrogen (secondary N) is 1. The van der Waals surface area contributed by atoms with Crippen LogP contribution < -0.4 is 10.2 Å². The van der Waals surface area contributed by atoms with Crippen molar-refractivity contribution < 1.29 is 9.47 Å². The quantitative estimate of drug-likeness (QED) is 0.814. The standard InChI is InChI=1S/C17H26N2O2/c1-13-3-6-17(14(9-13)10-18-7-8-20-2)19-11-15-4-5-16(12-19)21-15/h3,6,9,15-16,18H,4-5,7-8,10-12H2,1-2H3. The van der Waals surface area contributed by atoms with Gasteiger partial charge in [-0.05, 0) is 31.4 Å². The second-order valence-corrected chi connectivity index (χ2v) is 6.16. The van der Waals surface area contributed by atoms with E-state index < -0.39 is 0 Å². The smallest absolute Gasteiger partial charge is 0.0755 e.